The van der Waals surface area contributed by atoms with E-state index < -0.39 is 0 Å². The lowest BCUT2D eigenvalue weighted by molar-refractivity contribution is 0.0955. The standard InChI is InChI=1S/C15H17N3O/c1-2-18-10-12(8-17-18)15(19)14-9-16-7-11-5-3-4-6-13(11)14/h3-6,8,10,14,16H,2,7,9H2,1H3. The monoisotopic (exact) mass is 255 g/mol. The molecular formula is C15H17N3O. The summed E-state index contributed by atoms with van der Waals surface area (Å²) in [4.78, 5) is 12.6. The van der Waals surface area contributed by atoms with Gasteiger partial charge >= 0.3 is 0 Å². The predicted molar refractivity (Wildman–Crippen MR) is 73.1 cm³/mol. The van der Waals surface area contributed by atoms with Gasteiger partial charge in [0, 0.05) is 25.8 Å². The highest BCUT2D eigenvalue weighted by atomic mass is 16.1. The van der Waals surface area contributed by atoms with Crippen molar-refractivity contribution < 1.29 is 4.79 Å². The third-order valence-electron chi connectivity index (χ3n) is 3.65. The fourth-order valence-corrected chi connectivity index (χ4v) is 2.60. The number of hydrogen-bond acceptors (Lipinski definition) is 3. The van der Waals surface area contributed by atoms with Gasteiger partial charge in [-0.15, -0.1) is 0 Å². The Balaban J connectivity index is 1.93. The van der Waals surface area contributed by atoms with Gasteiger partial charge in [0.25, 0.3) is 0 Å². The number of carbonyl (C=O) groups is 1. The Morgan fingerprint density at radius 2 is 2.32 bits per heavy atom. The summed E-state index contributed by atoms with van der Waals surface area (Å²) in [7, 11) is 0. The number of nitrogens with zero attached hydrogens (tertiary/aromatic N) is 2. The topological polar surface area (TPSA) is 46.9 Å². The molecule has 0 spiro atoms. The number of aromatic nitrogens is 2. The van der Waals surface area contributed by atoms with Crippen molar-refractivity contribution in [3.8, 4) is 0 Å². The number of ketones is 1. The highest BCUT2D eigenvalue weighted by Gasteiger charge is 2.27. The van der Waals surface area contributed by atoms with E-state index in [4.69, 9.17) is 0 Å². The number of hydrogen-bond donors (Lipinski definition) is 1. The highest BCUT2D eigenvalue weighted by Crippen LogP contribution is 2.26. The van der Waals surface area contributed by atoms with Crippen molar-refractivity contribution >= 4 is 5.78 Å². The van der Waals surface area contributed by atoms with E-state index in [2.05, 4.69) is 22.5 Å². The molecule has 19 heavy (non-hydrogen) atoms. The first-order chi connectivity index (χ1) is 9.29. The molecule has 0 bridgehead atoms. The molecule has 0 saturated heterocycles. The zero-order valence-corrected chi connectivity index (χ0v) is 11.0. The van der Waals surface area contributed by atoms with Gasteiger partial charge in [-0.3, -0.25) is 9.48 Å². The van der Waals surface area contributed by atoms with Gasteiger partial charge in [0.1, 0.15) is 0 Å². The van der Waals surface area contributed by atoms with Crippen LogP contribution in [0.3, 0.4) is 0 Å². The van der Waals surface area contributed by atoms with Gasteiger partial charge in [0.15, 0.2) is 5.78 Å². The fourth-order valence-electron chi connectivity index (χ4n) is 2.60. The van der Waals surface area contributed by atoms with E-state index in [0.29, 0.717) is 12.1 Å². The van der Waals surface area contributed by atoms with E-state index in [0.717, 1.165) is 18.7 Å². The minimum Gasteiger partial charge on any atom is -0.312 e. The average Bonchev–Trinajstić information content (AvgIpc) is 2.95. The maximum absolute atomic E-state index is 12.6. The first-order valence-corrected chi connectivity index (χ1v) is 6.64. The molecule has 1 aromatic carbocycles. The smallest absolute Gasteiger partial charge is 0.174 e. The summed E-state index contributed by atoms with van der Waals surface area (Å²) in [6.45, 7) is 4.34. The van der Waals surface area contributed by atoms with Gasteiger partial charge in [0.05, 0.1) is 17.7 Å². The van der Waals surface area contributed by atoms with Crippen molar-refractivity contribution in [2.24, 2.45) is 0 Å². The molecule has 2 aromatic rings. The number of benzene rings is 1. The lowest BCUT2D eigenvalue weighted by Crippen LogP contribution is -2.32. The van der Waals surface area contributed by atoms with Gasteiger partial charge in [-0.05, 0) is 18.1 Å². The molecule has 1 atom stereocenters. The third kappa shape index (κ3) is 2.19. The van der Waals surface area contributed by atoms with Gasteiger partial charge in [-0.2, -0.15) is 5.10 Å². The second-order valence-electron chi connectivity index (χ2n) is 4.83. The van der Waals surface area contributed by atoms with Crippen molar-refractivity contribution in [2.75, 3.05) is 6.54 Å². The molecule has 2 heterocycles. The lowest BCUT2D eigenvalue weighted by Gasteiger charge is -2.24. The molecule has 98 valence electrons. The second kappa shape index (κ2) is 4.97. The van der Waals surface area contributed by atoms with Crippen LogP contribution in [0.25, 0.3) is 0 Å². The SMILES string of the molecule is CCn1cc(C(=O)C2CNCc3ccccc32)cn1. The first-order valence-electron chi connectivity index (χ1n) is 6.64. The zero-order valence-electron chi connectivity index (χ0n) is 11.0. The van der Waals surface area contributed by atoms with Gasteiger partial charge in [0.2, 0.25) is 0 Å². The Labute approximate surface area is 112 Å². The fraction of sp³-hybridized carbons (Fsp3) is 0.333. The van der Waals surface area contributed by atoms with E-state index in [-0.39, 0.29) is 11.7 Å². The molecule has 0 radical (unpaired) electrons. The van der Waals surface area contributed by atoms with Crippen LogP contribution in [0.2, 0.25) is 0 Å². The van der Waals surface area contributed by atoms with E-state index >= 15 is 0 Å². The van der Waals surface area contributed by atoms with Crippen LogP contribution in [-0.4, -0.2) is 22.1 Å². The van der Waals surface area contributed by atoms with Crippen molar-refractivity contribution in [2.45, 2.75) is 25.9 Å². The molecule has 0 aliphatic carbocycles. The van der Waals surface area contributed by atoms with Crippen molar-refractivity contribution in [3.63, 3.8) is 0 Å². The normalized spacial score (nSPS) is 18.1. The van der Waals surface area contributed by atoms with Crippen LogP contribution in [0.4, 0.5) is 0 Å². The maximum Gasteiger partial charge on any atom is 0.174 e. The quantitative estimate of drug-likeness (QED) is 0.853. The zero-order chi connectivity index (χ0) is 13.2. The molecular weight excluding hydrogens is 238 g/mol. The summed E-state index contributed by atoms with van der Waals surface area (Å²) in [6, 6.07) is 8.16. The molecule has 1 aromatic heterocycles. The summed E-state index contributed by atoms with van der Waals surface area (Å²) in [5, 5.41) is 7.50. The van der Waals surface area contributed by atoms with Crippen LogP contribution in [0.1, 0.15) is 34.3 Å². The van der Waals surface area contributed by atoms with E-state index in [9.17, 15) is 4.79 Å². The van der Waals surface area contributed by atoms with Crippen LogP contribution in [0.5, 0.6) is 0 Å². The number of rotatable bonds is 3. The molecule has 0 saturated carbocycles. The van der Waals surface area contributed by atoms with Crippen LogP contribution >= 0.6 is 0 Å². The Bertz CT molecular complexity index is 603. The third-order valence-corrected chi connectivity index (χ3v) is 3.65. The molecule has 4 heteroatoms. The molecule has 1 aliphatic heterocycles. The van der Waals surface area contributed by atoms with Crippen LogP contribution in [0, 0.1) is 0 Å². The highest BCUT2D eigenvalue weighted by molar-refractivity contribution is 6.01. The number of aryl methyl sites for hydroxylation is 1. The summed E-state index contributed by atoms with van der Waals surface area (Å²) < 4.78 is 1.79. The summed E-state index contributed by atoms with van der Waals surface area (Å²) in [5.41, 5.74) is 3.07. The van der Waals surface area contributed by atoms with Gasteiger partial charge < -0.3 is 5.32 Å². The van der Waals surface area contributed by atoms with E-state index in [1.807, 2.05) is 25.3 Å². The number of carbonyl (C=O) groups excluding carboxylic acids is 1. The Morgan fingerprint density at radius 1 is 1.47 bits per heavy atom. The molecule has 1 unspecified atom stereocenters. The van der Waals surface area contributed by atoms with E-state index in [1.165, 1.54) is 5.56 Å². The summed E-state index contributed by atoms with van der Waals surface area (Å²) in [6.07, 6.45) is 3.50. The molecule has 0 fully saturated rings. The molecule has 3 rings (SSSR count). The average molecular weight is 255 g/mol. The largest absolute Gasteiger partial charge is 0.312 e. The van der Waals surface area contributed by atoms with Crippen LogP contribution < -0.4 is 5.32 Å². The Morgan fingerprint density at radius 3 is 3.11 bits per heavy atom. The Hall–Kier alpha value is -1.94. The minimum atomic E-state index is -0.0977. The second-order valence-corrected chi connectivity index (χ2v) is 4.83. The van der Waals surface area contributed by atoms with Gasteiger partial charge in [-0.25, -0.2) is 0 Å². The molecule has 1 N–H and O–H groups in total. The van der Waals surface area contributed by atoms with Crippen molar-refractivity contribution in [3.05, 3.63) is 53.3 Å². The molecule has 4 nitrogen and oxygen atoms in total. The first kappa shape index (κ1) is 12.1. The number of Topliss-reactive ketones (excluding diaryl/α,β-unsaturated/α-hetero) is 1. The van der Waals surface area contributed by atoms with Crippen molar-refractivity contribution in [1.82, 2.24) is 15.1 Å². The summed E-state index contributed by atoms with van der Waals surface area (Å²) in [5.74, 6) is 0.0545. The van der Waals surface area contributed by atoms with Crippen LogP contribution in [0.15, 0.2) is 36.7 Å². The minimum absolute atomic E-state index is 0.0977. The summed E-state index contributed by atoms with van der Waals surface area (Å²) >= 11 is 0. The van der Waals surface area contributed by atoms with E-state index in [1.54, 1.807) is 10.9 Å². The van der Waals surface area contributed by atoms with Crippen LogP contribution in [-0.2, 0) is 13.1 Å². The Kier molecular flexibility index (Phi) is 3.17. The number of fused-ring (bicyclic) bond motifs is 1. The maximum atomic E-state index is 12.6. The lowest BCUT2D eigenvalue weighted by atomic mass is 9.86. The van der Waals surface area contributed by atoms with Crippen molar-refractivity contribution in [1.29, 1.82) is 0 Å². The van der Waals surface area contributed by atoms with Gasteiger partial charge in [-0.1, -0.05) is 24.3 Å². The molecule has 1 aliphatic rings. The number of nitrogens with one attached hydrogen (secondary N) is 1. The predicted octanol–water partition coefficient (Wildman–Crippen LogP) is 1.97. The molecule has 0 amide bonds.